The Bertz CT molecular complexity index is 390. The topological polar surface area (TPSA) is 28.1 Å². The fourth-order valence-corrected chi connectivity index (χ4v) is 1.81. The van der Waals surface area contributed by atoms with Gasteiger partial charge in [0.15, 0.2) is 0 Å². The zero-order valence-electron chi connectivity index (χ0n) is 9.92. The molecule has 0 saturated heterocycles. The van der Waals surface area contributed by atoms with E-state index in [0.717, 1.165) is 11.3 Å². The molecular weight excluding hydrogens is 202 g/mol. The van der Waals surface area contributed by atoms with Crippen LogP contribution in [0.1, 0.15) is 12.5 Å². The molecule has 0 radical (unpaired) electrons. The molecular formula is C12H17N3O. The first-order valence-electron chi connectivity index (χ1n) is 5.44. The van der Waals surface area contributed by atoms with Crippen molar-refractivity contribution in [2.45, 2.75) is 13.3 Å². The second-order valence-electron chi connectivity index (χ2n) is 3.81. The van der Waals surface area contributed by atoms with E-state index in [9.17, 15) is 0 Å². The summed E-state index contributed by atoms with van der Waals surface area (Å²) in [6.07, 6.45) is 1.62. The molecule has 1 atom stereocenters. The first kappa shape index (κ1) is 11.1. The molecule has 0 aromatic heterocycles. The van der Waals surface area contributed by atoms with Crippen molar-refractivity contribution in [2.75, 3.05) is 25.7 Å². The van der Waals surface area contributed by atoms with Crippen LogP contribution in [0.25, 0.3) is 0 Å². The minimum Gasteiger partial charge on any atom is -0.338 e. The van der Waals surface area contributed by atoms with Crippen molar-refractivity contribution >= 4 is 11.9 Å². The number of ether oxygens (including phenoxy) is 1. The van der Waals surface area contributed by atoms with Crippen LogP contribution >= 0.6 is 0 Å². The van der Waals surface area contributed by atoms with Crippen molar-refractivity contribution in [3.8, 4) is 0 Å². The number of hydrogen-bond donors (Lipinski definition) is 0. The van der Waals surface area contributed by atoms with Crippen molar-refractivity contribution < 1.29 is 4.74 Å². The third-order valence-electron chi connectivity index (χ3n) is 2.48. The maximum atomic E-state index is 5.60. The third-order valence-corrected chi connectivity index (χ3v) is 2.48. The van der Waals surface area contributed by atoms with E-state index < -0.39 is 0 Å². The van der Waals surface area contributed by atoms with Crippen LogP contribution in [0.15, 0.2) is 29.3 Å². The number of fused-ring (bicyclic) bond motifs is 1. The van der Waals surface area contributed by atoms with Gasteiger partial charge in [-0.05, 0) is 13.0 Å². The largest absolute Gasteiger partial charge is 0.338 e. The van der Waals surface area contributed by atoms with Crippen molar-refractivity contribution in [2.24, 2.45) is 4.99 Å². The molecule has 1 aliphatic heterocycles. The van der Waals surface area contributed by atoms with E-state index >= 15 is 0 Å². The van der Waals surface area contributed by atoms with Crippen molar-refractivity contribution in [3.63, 3.8) is 0 Å². The summed E-state index contributed by atoms with van der Waals surface area (Å²) in [6, 6.07) is 8.17. The molecule has 1 aromatic carbocycles. The van der Waals surface area contributed by atoms with Gasteiger partial charge in [0.05, 0.1) is 5.69 Å². The predicted octanol–water partition coefficient (Wildman–Crippen LogP) is 1.72. The van der Waals surface area contributed by atoms with Gasteiger partial charge < -0.3 is 4.74 Å². The van der Waals surface area contributed by atoms with Gasteiger partial charge in [0.1, 0.15) is 0 Å². The van der Waals surface area contributed by atoms with Gasteiger partial charge in [-0.25, -0.2) is 10.0 Å². The SMILES string of the molecule is CCOC1N=Cc2ccccc2N1N(C)C. The second-order valence-corrected chi connectivity index (χ2v) is 3.81. The average Bonchev–Trinajstić information content (AvgIpc) is 2.28. The number of benzene rings is 1. The Morgan fingerprint density at radius 3 is 2.81 bits per heavy atom. The lowest BCUT2D eigenvalue weighted by atomic mass is 10.1. The Balaban J connectivity index is 2.37. The average molecular weight is 219 g/mol. The maximum absolute atomic E-state index is 5.60. The van der Waals surface area contributed by atoms with Gasteiger partial charge in [-0.2, -0.15) is 0 Å². The Labute approximate surface area is 96.1 Å². The quantitative estimate of drug-likeness (QED) is 0.775. The summed E-state index contributed by atoms with van der Waals surface area (Å²) in [5, 5.41) is 4.04. The fraction of sp³-hybridized carbons (Fsp3) is 0.417. The number of aliphatic imine (C=N–C) groups is 1. The lowest BCUT2D eigenvalue weighted by Gasteiger charge is -2.38. The Kier molecular flexibility index (Phi) is 3.22. The summed E-state index contributed by atoms with van der Waals surface area (Å²) in [4.78, 5) is 4.40. The summed E-state index contributed by atoms with van der Waals surface area (Å²) >= 11 is 0. The molecule has 0 saturated carbocycles. The fourth-order valence-electron chi connectivity index (χ4n) is 1.81. The molecule has 0 amide bonds. The van der Waals surface area contributed by atoms with E-state index in [-0.39, 0.29) is 6.35 Å². The van der Waals surface area contributed by atoms with Crippen LogP contribution in [0.2, 0.25) is 0 Å². The zero-order chi connectivity index (χ0) is 11.5. The minimum atomic E-state index is -0.255. The number of anilines is 1. The van der Waals surface area contributed by atoms with Crippen LogP contribution < -0.4 is 5.01 Å². The monoisotopic (exact) mass is 219 g/mol. The zero-order valence-corrected chi connectivity index (χ0v) is 9.92. The van der Waals surface area contributed by atoms with Gasteiger partial charge in [-0.3, -0.25) is 5.01 Å². The summed E-state index contributed by atoms with van der Waals surface area (Å²) in [5.74, 6) is 0. The highest BCUT2D eigenvalue weighted by atomic mass is 16.5. The highest BCUT2D eigenvalue weighted by molar-refractivity contribution is 5.89. The Hall–Kier alpha value is -1.39. The highest BCUT2D eigenvalue weighted by Crippen LogP contribution is 2.26. The Morgan fingerprint density at radius 2 is 2.12 bits per heavy atom. The van der Waals surface area contributed by atoms with Crippen LogP contribution in [-0.4, -0.2) is 38.3 Å². The number of para-hydroxylation sites is 1. The number of nitrogens with zero attached hydrogens (tertiary/aromatic N) is 3. The van der Waals surface area contributed by atoms with Crippen molar-refractivity contribution in [1.82, 2.24) is 5.01 Å². The van der Waals surface area contributed by atoms with E-state index in [2.05, 4.69) is 17.1 Å². The van der Waals surface area contributed by atoms with Gasteiger partial charge in [0.2, 0.25) is 6.35 Å². The van der Waals surface area contributed by atoms with E-state index in [1.54, 1.807) is 0 Å². The van der Waals surface area contributed by atoms with Gasteiger partial charge in [-0.1, -0.05) is 18.2 Å². The maximum Gasteiger partial charge on any atom is 0.241 e. The Morgan fingerprint density at radius 1 is 1.38 bits per heavy atom. The van der Waals surface area contributed by atoms with Crippen LogP contribution in [-0.2, 0) is 4.74 Å². The molecule has 0 spiro atoms. The number of hydrogen-bond acceptors (Lipinski definition) is 4. The summed E-state index contributed by atoms with van der Waals surface area (Å²) in [6.45, 7) is 2.62. The van der Waals surface area contributed by atoms with E-state index in [1.807, 2.05) is 49.4 Å². The lowest BCUT2D eigenvalue weighted by Crippen LogP contribution is -2.47. The molecule has 1 heterocycles. The molecule has 1 unspecified atom stereocenters. The molecule has 1 aromatic rings. The predicted molar refractivity (Wildman–Crippen MR) is 65.6 cm³/mol. The number of hydrazine groups is 1. The standard InChI is InChI=1S/C12H17N3O/c1-4-16-12-13-9-10-7-5-6-8-11(10)15(12)14(2)3/h5-9,12H,4H2,1-3H3. The van der Waals surface area contributed by atoms with Crippen LogP contribution in [0.5, 0.6) is 0 Å². The molecule has 4 nitrogen and oxygen atoms in total. The van der Waals surface area contributed by atoms with Crippen LogP contribution in [0.4, 0.5) is 5.69 Å². The van der Waals surface area contributed by atoms with Gasteiger partial charge >= 0.3 is 0 Å². The third kappa shape index (κ3) is 1.94. The first-order valence-corrected chi connectivity index (χ1v) is 5.44. The first-order chi connectivity index (χ1) is 7.74. The molecule has 86 valence electrons. The van der Waals surface area contributed by atoms with E-state index in [4.69, 9.17) is 4.74 Å². The molecule has 2 rings (SSSR count). The van der Waals surface area contributed by atoms with Crippen molar-refractivity contribution in [3.05, 3.63) is 29.8 Å². The normalized spacial score (nSPS) is 19.0. The molecule has 16 heavy (non-hydrogen) atoms. The molecule has 0 bridgehead atoms. The summed E-state index contributed by atoms with van der Waals surface area (Å²) in [5.41, 5.74) is 2.24. The van der Waals surface area contributed by atoms with Gasteiger partial charge in [0.25, 0.3) is 0 Å². The molecule has 0 aliphatic carbocycles. The van der Waals surface area contributed by atoms with Crippen molar-refractivity contribution in [1.29, 1.82) is 0 Å². The smallest absolute Gasteiger partial charge is 0.241 e. The highest BCUT2D eigenvalue weighted by Gasteiger charge is 2.25. The minimum absolute atomic E-state index is 0.255. The molecule has 0 fully saturated rings. The van der Waals surface area contributed by atoms with E-state index in [1.165, 1.54) is 0 Å². The van der Waals surface area contributed by atoms with E-state index in [0.29, 0.717) is 6.61 Å². The van der Waals surface area contributed by atoms with Gasteiger partial charge in [-0.15, -0.1) is 0 Å². The lowest BCUT2D eigenvalue weighted by molar-refractivity contribution is 0.0353. The molecule has 1 aliphatic rings. The summed E-state index contributed by atoms with van der Waals surface area (Å²) < 4.78 is 5.60. The molecule has 4 heteroatoms. The number of rotatable bonds is 3. The van der Waals surface area contributed by atoms with Crippen LogP contribution in [0.3, 0.4) is 0 Å². The molecule has 0 N–H and O–H groups in total. The van der Waals surface area contributed by atoms with Gasteiger partial charge in [0, 0.05) is 32.5 Å². The second kappa shape index (κ2) is 4.63. The van der Waals surface area contributed by atoms with Crippen LogP contribution in [0, 0.1) is 0 Å². The summed E-state index contributed by atoms with van der Waals surface area (Å²) in [7, 11) is 3.98.